The van der Waals surface area contributed by atoms with E-state index in [2.05, 4.69) is 5.32 Å². The highest BCUT2D eigenvalue weighted by atomic mass is 35.5. The minimum atomic E-state index is -0.833. The summed E-state index contributed by atoms with van der Waals surface area (Å²) in [6.45, 7) is 3.24. The zero-order valence-corrected chi connectivity index (χ0v) is 9.74. The first kappa shape index (κ1) is 12.9. The molecule has 0 saturated carbocycles. The molecule has 0 aliphatic carbocycles. The van der Waals surface area contributed by atoms with Gasteiger partial charge in [0.15, 0.2) is 0 Å². The van der Waals surface area contributed by atoms with Gasteiger partial charge in [-0.05, 0) is 26.0 Å². The predicted molar refractivity (Wildman–Crippen MR) is 59.5 cm³/mol. The van der Waals surface area contributed by atoms with E-state index in [0.29, 0.717) is 0 Å². The first-order chi connectivity index (χ1) is 7.36. The summed E-state index contributed by atoms with van der Waals surface area (Å²) in [5.74, 6) is -1.65. The van der Waals surface area contributed by atoms with E-state index in [4.69, 9.17) is 11.6 Å². The molecular formula is C11H12ClF2NO. The number of rotatable bonds is 3. The Balaban J connectivity index is 2.89. The second-order valence-electron chi connectivity index (χ2n) is 4.10. The van der Waals surface area contributed by atoms with Gasteiger partial charge in [-0.25, -0.2) is 8.78 Å². The number of nitrogens with one attached hydrogen (secondary N) is 1. The molecule has 1 amide bonds. The van der Waals surface area contributed by atoms with E-state index in [0.717, 1.165) is 18.2 Å². The largest absolute Gasteiger partial charge is 0.323 e. The molecule has 2 nitrogen and oxygen atoms in total. The first-order valence-corrected chi connectivity index (χ1v) is 5.23. The van der Waals surface area contributed by atoms with Gasteiger partial charge in [-0.1, -0.05) is 0 Å². The van der Waals surface area contributed by atoms with E-state index in [1.54, 1.807) is 13.8 Å². The number of amides is 1. The van der Waals surface area contributed by atoms with Crippen LogP contribution in [0.25, 0.3) is 0 Å². The van der Waals surface area contributed by atoms with Crippen LogP contribution in [0.5, 0.6) is 0 Å². The van der Waals surface area contributed by atoms with Gasteiger partial charge < -0.3 is 5.32 Å². The molecule has 0 heterocycles. The average Bonchev–Trinajstić information content (AvgIpc) is 2.23. The molecule has 1 aromatic rings. The number of carbonyl (C=O) groups is 1. The van der Waals surface area contributed by atoms with Crippen molar-refractivity contribution < 1.29 is 13.6 Å². The lowest BCUT2D eigenvalue weighted by Gasteiger charge is -2.20. The number of hydrogen-bond acceptors (Lipinski definition) is 1. The molecule has 88 valence electrons. The van der Waals surface area contributed by atoms with E-state index in [1.807, 2.05) is 0 Å². The molecule has 1 N–H and O–H groups in total. The van der Waals surface area contributed by atoms with Crippen LogP contribution in [0, 0.1) is 17.0 Å². The summed E-state index contributed by atoms with van der Waals surface area (Å²) in [6, 6.07) is 2.87. The highest BCUT2D eigenvalue weighted by molar-refractivity contribution is 6.20. The zero-order valence-electron chi connectivity index (χ0n) is 8.98. The molecule has 1 rings (SSSR count). The lowest BCUT2D eigenvalue weighted by atomic mass is 9.95. The molecule has 5 heteroatoms. The zero-order chi connectivity index (χ0) is 12.3. The Labute approximate surface area is 97.6 Å². The molecule has 1 aromatic carbocycles. The summed E-state index contributed by atoms with van der Waals surface area (Å²) >= 11 is 5.60. The van der Waals surface area contributed by atoms with Crippen molar-refractivity contribution in [1.82, 2.24) is 0 Å². The van der Waals surface area contributed by atoms with Gasteiger partial charge in [0.25, 0.3) is 0 Å². The monoisotopic (exact) mass is 247 g/mol. The third-order valence-corrected chi connectivity index (χ3v) is 2.79. The number of carbonyl (C=O) groups excluding carboxylic acids is 1. The van der Waals surface area contributed by atoms with Gasteiger partial charge in [0, 0.05) is 11.9 Å². The molecule has 0 aliphatic rings. The van der Waals surface area contributed by atoms with Gasteiger partial charge in [0.1, 0.15) is 11.6 Å². The van der Waals surface area contributed by atoms with Crippen LogP contribution < -0.4 is 5.32 Å². The van der Waals surface area contributed by atoms with Crippen molar-refractivity contribution in [2.24, 2.45) is 5.41 Å². The van der Waals surface area contributed by atoms with Gasteiger partial charge in [-0.2, -0.15) is 0 Å². The Morgan fingerprint density at radius 3 is 2.62 bits per heavy atom. The summed E-state index contributed by atoms with van der Waals surface area (Å²) in [6.07, 6.45) is 0. The summed E-state index contributed by atoms with van der Waals surface area (Å²) in [5, 5.41) is 2.30. The lowest BCUT2D eigenvalue weighted by Crippen LogP contribution is -2.32. The fourth-order valence-electron chi connectivity index (χ4n) is 0.945. The van der Waals surface area contributed by atoms with Crippen LogP contribution >= 0.6 is 11.6 Å². The third-order valence-electron chi connectivity index (χ3n) is 2.13. The van der Waals surface area contributed by atoms with Crippen LogP contribution in [0.1, 0.15) is 13.8 Å². The molecular weight excluding hydrogens is 236 g/mol. The van der Waals surface area contributed by atoms with Crippen molar-refractivity contribution in [1.29, 1.82) is 0 Å². The number of alkyl halides is 1. The van der Waals surface area contributed by atoms with Crippen molar-refractivity contribution in [2.45, 2.75) is 13.8 Å². The van der Waals surface area contributed by atoms with Crippen molar-refractivity contribution >= 4 is 23.2 Å². The van der Waals surface area contributed by atoms with Crippen molar-refractivity contribution in [3.05, 3.63) is 29.8 Å². The standard InChI is InChI=1S/C11H12ClF2NO/c1-11(2,6-12)10(16)15-9-5-7(13)3-4-8(9)14/h3-5H,6H2,1-2H3,(H,15,16). The molecule has 0 saturated heterocycles. The Morgan fingerprint density at radius 2 is 2.06 bits per heavy atom. The number of anilines is 1. The number of halogens is 3. The normalized spacial score (nSPS) is 11.3. The Bertz CT molecular complexity index is 407. The SMILES string of the molecule is CC(C)(CCl)C(=O)Nc1cc(F)ccc1F. The summed E-state index contributed by atoms with van der Waals surface area (Å²) in [5.41, 5.74) is -1.01. The summed E-state index contributed by atoms with van der Waals surface area (Å²) in [4.78, 5) is 11.6. The van der Waals surface area contributed by atoms with Crippen LogP contribution in [0.4, 0.5) is 14.5 Å². The molecule has 0 radical (unpaired) electrons. The van der Waals surface area contributed by atoms with E-state index in [-0.39, 0.29) is 11.6 Å². The Kier molecular flexibility index (Phi) is 3.86. The smallest absolute Gasteiger partial charge is 0.231 e. The highest BCUT2D eigenvalue weighted by Gasteiger charge is 2.27. The van der Waals surface area contributed by atoms with Gasteiger partial charge in [0.05, 0.1) is 11.1 Å². The summed E-state index contributed by atoms with van der Waals surface area (Å²) < 4.78 is 26.0. The molecule has 16 heavy (non-hydrogen) atoms. The third kappa shape index (κ3) is 2.92. The predicted octanol–water partition coefficient (Wildman–Crippen LogP) is 3.17. The van der Waals surface area contributed by atoms with Gasteiger partial charge in [-0.15, -0.1) is 11.6 Å². The van der Waals surface area contributed by atoms with E-state index in [9.17, 15) is 13.6 Å². The van der Waals surface area contributed by atoms with Crippen LogP contribution in [-0.4, -0.2) is 11.8 Å². The maximum Gasteiger partial charge on any atom is 0.231 e. The second-order valence-corrected chi connectivity index (χ2v) is 4.36. The summed E-state index contributed by atoms with van der Waals surface area (Å²) in [7, 11) is 0. The molecule has 0 spiro atoms. The Hall–Kier alpha value is -1.16. The second kappa shape index (κ2) is 4.78. The minimum absolute atomic E-state index is 0.0930. The van der Waals surface area contributed by atoms with Crippen LogP contribution in [0.15, 0.2) is 18.2 Å². The fourth-order valence-corrected chi connectivity index (χ4v) is 1.07. The van der Waals surface area contributed by atoms with Gasteiger partial charge >= 0.3 is 0 Å². The van der Waals surface area contributed by atoms with Crippen LogP contribution in [0.3, 0.4) is 0 Å². The van der Waals surface area contributed by atoms with Crippen LogP contribution in [0.2, 0.25) is 0 Å². The van der Waals surface area contributed by atoms with Gasteiger partial charge in [0.2, 0.25) is 5.91 Å². The van der Waals surface area contributed by atoms with E-state index >= 15 is 0 Å². The molecule has 0 aromatic heterocycles. The average molecular weight is 248 g/mol. The topological polar surface area (TPSA) is 29.1 Å². The minimum Gasteiger partial charge on any atom is -0.323 e. The van der Waals surface area contributed by atoms with Gasteiger partial charge in [-0.3, -0.25) is 4.79 Å². The molecule has 0 fully saturated rings. The number of benzene rings is 1. The van der Waals surface area contributed by atoms with E-state index < -0.39 is 23.0 Å². The van der Waals surface area contributed by atoms with E-state index in [1.165, 1.54) is 0 Å². The first-order valence-electron chi connectivity index (χ1n) is 4.69. The lowest BCUT2D eigenvalue weighted by molar-refractivity contribution is -0.123. The Morgan fingerprint density at radius 1 is 1.44 bits per heavy atom. The van der Waals surface area contributed by atoms with Crippen molar-refractivity contribution in [3.63, 3.8) is 0 Å². The molecule has 0 aliphatic heterocycles. The quantitative estimate of drug-likeness (QED) is 0.817. The number of hydrogen-bond donors (Lipinski definition) is 1. The van der Waals surface area contributed by atoms with Crippen molar-refractivity contribution in [3.8, 4) is 0 Å². The highest BCUT2D eigenvalue weighted by Crippen LogP contribution is 2.22. The molecule has 0 bridgehead atoms. The van der Waals surface area contributed by atoms with Crippen LogP contribution in [-0.2, 0) is 4.79 Å². The fraction of sp³-hybridized carbons (Fsp3) is 0.364. The maximum absolute atomic E-state index is 13.2. The molecule has 0 atom stereocenters. The maximum atomic E-state index is 13.2. The van der Waals surface area contributed by atoms with Crippen molar-refractivity contribution in [2.75, 3.05) is 11.2 Å². The molecule has 0 unspecified atom stereocenters.